The maximum Gasteiger partial charge on any atom is 0.255 e. The first kappa shape index (κ1) is 16.6. The lowest BCUT2D eigenvalue weighted by Gasteiger charge is -2.21. The van der Waals surface area contributed by atoms with E-state index in [1.165, 1.54) is 6.20 Å². The largest absolute Gasteiger partial charge is 0.383 e. The molecule has 21 heavy (non-hydrogen) atoms. The number of nitrogens with zero attached hydrogens (tertiary/aromatic N) is 3. The molecule has 0 saturated heterocycles. The highest BCUT2D eigenvalue weighted by molar-refractivity contribution is 5.96. The molecule has 0 bridgehead atoms. The Morgan fingerprint density at radius 3 is 3.00 bits per heavy atom. The molecular formula is C15H18N4O2. The van der Waals surface area contributed by atoms with E-state index in [0.717, 1.165) is 0 Å². The van der Waals surface area contributed by atoms with Crippen molar-refractivity contribution < 1.29 is 9.53 Å². The van der Waals surface area contributed by atoms with Crippen molar-refractivity contribution in [1.82, 2.24) is 9.88 Å². The molecule has 0 radical (unpaired) electrons. The molecule has 0 unspecified atom stereocenters. The molecule has 6 nitrogen and oxygen atoms in total. The highest BCUT2D eigenvalue weighted by atomic mass is 16.5. The minimum Gasteiger partial charge on any atom is -0.383 e. The standard InChI is InChI=1S/C15H18N4O2/c1-21-11-10-19(9-3-7-17)15(20)14-5-8-18-12-13(14)4-2-6-16/h5,8,12H,3,6,9-11,16H2,1H3. The molecule has 0 aliphatic heterocycles. The maximum absolute atomic E-state index is 12.6. The highest BCUT2D eigenvalue weighted by Crippen LogP contribution is 2.10. The Morgan fingerprint density at radius 1 is 1.52 bits per heavy atom. The zero-order valence-electron chi connectivity index (χ0n) is 12.0. The molecule has 2 N–H and O–H groups in total. The van der Waals surface area contributed by atoms with Gasteiger partial charge in [0, 0.05) is 32.6 Å². The van der Waals surface area contributed by atoms with Gasteiger partial charge in [0.05, 0.1) is 36.8 Å². The number of carbonyl (C=O) groups is 1. The molecule has 110 valence electrons. The fourth-order valence-corrected chi connectivity index (χ4v) is 1.70. The third-order valence-electron chi connectivity index (χ3n) is 2.72. The number of hydrogen-bond donors (Lipinski definition) is 1. The average molecular weight is 286 g/mol. The lowest BCUT2D eigenvalue weighted by molar-refractivity contribution is 0.0699. The minimum atomic E-state index is -0.189. The van der Waals surface area contributed by atoms with Crippen molar-refractivity contribution in [3.63, 3.8) is 0 Å². The van der Waals surface area contributed by atoms with E-state index in [0.29, 0.717) is 30.8 Å². The van der Waals surface area contributed by atoms with Gasteiger partial charge in [0.1, 0.15) is 0 Å². The summed E-state index contributed by atoms with van der Waals surface area (Å²) >= 11 is 0. The van der Waals surface area contributed by atoms with Crippen LogP contribution in [0.1, 0.15) is 22.3 Å². The average Bonchev–Trinajstić information content (AvgIpc) is 2.52. The SMILES string of the molecule is COCCN(CCC#N)C(=O)c1ccncc1C#CCN. The maximum atomic E-state index is 12.6. The van der Waals surface area contributed by atoms with E-state index in [1.807, 2.05) is 6.07 Å². The van der Waals surface area contributed by atoms with Gasteiger partial charge in [-0.25, -0.2) is 0 Å². The Labute approximate surface area is 124 Å². The molecule has 0 fully saturated rings. The van der Waals surface area contributed by atoms with Crippen molar-refractivity contribution in [1.29, 1.82) is 5.26 Å². The summed E-state index contributed by atoms with van der Waals surface area (Å²) in [5.74, 6) is 5.37. The van der Waals surface area contributed by atoms with Crippen molar-refractivity contribution in [2.24, 2.45) is 5.73 Å². The van der Waals surface area contributed by atoms with Gasteiger partial charge in [0.15, 0.2) is 0 Å². The highest BCUT2D eigenvalue weighted by Gasteiger charge is 2.17. The van der Waals surface area contributed by atoms with Gasteiger partial charge in [-0.05, 0) is 6.07 Å². The zero-order valence-corrected chi connectivity index (χ0v) is 12.0. The first-order valence-corrected chi connectivity index (χ1v) is 6.52. The van der Waals surface area contributed by atoms with Gasteiger partial charge in [-0.1, -0.05) is 11.8 Å². The van der Waals surface area contributed by atoms with Crippen LogP contribution in [0.2, 0.25) is 0 Å². The number of nitriles is 1. The van der Waals surface area contributed by atoms with Crippen LogP contribution in [0.4, 0.5) is 0 Å². The Balaban J connectivity index is 2.99. The van der Waals surface area contributed by atoms with Gasteiger partial charge in [0.2, 0.25) is 0 Å². The second-order valence-electron chi connectivity index (χ2n) is 4.12. The predicted octanol–water partition coefficient (Wildman–Crippen LogP) is 0.394. The Morgan fingerprint density at radius 2 is 2.33 bits per heavy atom. The number of pyridine rings is 1. The minimum absolute atomic E-state index is 0.189. The van der Waals surface area contributed by atoms with Crippen LogP contribution in [-0.4, -0.2) is 49.1 Å². The van der Waals surface area contributed by atoms with Crippen LogP contribution in [0, 0.1) is 23.2 Å². The molecule has 1 aromatic rings. The lowest BCUT2D eigenvalue weighted by Crippen LogP contribution is -2.35. The number of aromatic nitrogens is 1. The third kappa shape index (κ3) is 5.23. The van der Waals surface area contributed by atoms with E-state index >= 15 is 0 Å². The first-order valence-electron chi connectivity index (χ1n) is 6.52. The summed E-state index contributed by atoms with van der Waals surface area (Å²) < 4.78 is 5.00. The van der Waals surface area contributed by atoms with Crippen LogP contribution < -0.4 is 5.73 Å². The number of methoxy groups -OCH3 is 1. The van der Waals surface area contributed by atoms with Crippen LogP contribution in [0.5, 0.6) is 0 Å². The van der Waals surface area contributed by atoms with Crippen LogP contribution in [-0.2, 0) is 4.74 Å². The molecule has 0 spiro atoms. The first-order chi connectivity index (χ1) is 10.2. The Kier molecular flexibility index (Phi) is 7.52. The van der Waals surface area contributed by atoms with E-state index in [4.69, 9.17) is 15.7 Å². The van der Waals surface area contributed by atoms with E-state index in [-0.39, 0.29) is 18.9 Å². The molecule has 0 atom stereocenters. The van der Waals surface area contributed by atoms with Crippen LogP contribution in [0.25, 0.3) is 0 Å². The van der Waals surface area contributed by atoms with Crippen LogP contribution in [0.3, 0.4) is 0 Å². The number of nitrogens with two attached hydrogens (primary N) is 1. The van der Waals surface area contributed by atoms with Gasteiger partial charge in [0.25, 0.3) is 5.91 Å². The summed E-state index contributed by atoms with van der Waals surface area (Å²) in [5.41, 5.74) is 6.34. The van der Waals surface area contributed by atoms with E-state index in [9.17, 15) is 4.79 Å². The van der Waals surface area contributed by atoms with Gasteiger partial charge in [-0.2, -0.15) is 5.26 Å². The van der Waals surface area contributed by atoms with Crippen LogP contribution in [0.15, 0.2) is 18.5 Å². The summed E-state index contributed by atoms with van der Waals surface area (Å²) in [4.78, 5) is 18.1. The summed E-state index contributed by atoms with van der Waals surface area (Å²) in [6.45, 7) is 1.39. The van der Waals surface area contributed by atoms with Crippen LogP contribution >= 0.6 is 0 Å². The number of carbonyl (C=O) groups excluding carboxylic acids is 1. The third-order valence-corrected chi connectivity index (χ3v) is 2.72. The summed E-state index contributed by atoms with van der Waals surface area (Å²) in [6.07, 6.45) is 3.35. The number of hydrogen-bond acceptors (Lipinski definition) is 5. The fourth-order valence-electron chi connectivity index (χ4n) is 1.70. The van der Waals surface area contributed by atoms with Crippen molar-refractivity contribution in [3.8, 4) is 17.9 Å². The van der Waals surface area contributed by atoms with Crippen molar-refractivity contribution in [3.05, 3.63) is 29.6 Å². The number of ether oxygens (including phenoxy) is 1. The fraction of sp³-hybridized carbons (Fsp3) is 0.400. The second kappa shape index (κ2) is 9.49. The van der Waals surface area contributed by atoms with E-state index in [1.54, 1.807) is 24.3 Å². The van der Waals surface area contributed by atoms with Gasteiger partial charge in [-0.15, -0.1) is 0 Å². The second-order valence-corrected chi connectivity index (χ2v) is 4.12. The van der Waals surface area contributed by atoms with Gasteiger partial charge >= 0.3 is 0 Å². The van der Waals surface area contributed by atoms with Gasteiger partial charge in [-0.3, -0.25) is 9.78 Å². The topological polar surface area (TPSA) is 92.2 Å². The molecule has 0 aromatic carbocycles. The Hall–Kier alpha value is -2.41. The normalized spacial score (nSPS) is 9.38. The molecule has 1 aromatic heterocycles. The lowest BCUT2D eigenvalue weighted by atomic mass is 10.1. The summed E-state index contributed by atoms with van der Waals surface area (Å²) in [7, 11) is 1.57. The van der Waals surface area contributed by atoms with Crippen molar-refractivity contribution in [2.45, 2.75) is 6.42 Å². The summed E-state index contributed by atoms with van der Waals surface area (Å²) in [6, 6.07) is 3.66. The van der Waals surface area contributed by atoms with E-state index < -0.39 is 0 Å². The predicted molar refractivity (Wildman–Crippen MR) is 78.2 cm³/mol. The number of rotatable bonds is 6. The smallest absolute Gasteiger partial charge is 0.255 e. The molecule has 1 rings (SSSR count). The molecule has 1 amide bonds. The molecule has 0 aliphatic carbocycles. The molecule has 6 heteroatoms. The molecule has 0 aliphatic rings. The number of amides is 1. The van der Waals surface area contributed by atoms with Gasteiger partial charge < -0.3 is 15.4 Å². The van der Waals surface area contributed by atoms with E-state index in [2.05, 4.69) is 16.8 Å². The monoisotopic (exact) mass is 286 g/mol. The molecule has 0 saturated carbocycles. The zero-order chi connectivity index (χ0) is 15.5. The summed E-state index contributed by atoms with van der Waals surface area (Å²) in [5, 5.41) is 8.70. The quantitative estimate of drug-likeness (QED) is 0.764. The molecule has 1 heterocycles. The Bertz CT molecular complexity index is 569. The van der Waals surface area contributed by atoms with Crippen molar-refractivity contribution >= 4 is 5.91 Å². The van der Waals surface area contributed by atoms with Crippen molar-refractivity contribution in [2.75, 3.05) is 33.4 Å². The molecular weight excluding hydrogens is 268 g/mol.